The lowest BCUT2D eigenvalue weighted by atomic mass is 10.1. The van der Waals surface area contributed by atoms with E-state index >= 15 is 0 Å². The molecule has 7 nitrogen and oxygen atoms in total. The molecule has 0 radical (unpaired) electrons. The molecule has 154 valence electrons. The maximum Gasteiger partial charge on any atom is 0.385 e. The molecule has 1 aromatic carbocycles. The summed E-state index contributed by atoms with van der Waals surface area (Å²) in [7, 11) is -3.63. The van der Waals surface area contributed by atoms with Crippen LogP contribution in [0.25, 0.3) is 0 Å². The van der Waals surface area contributed by atoms with E-state index in [1.807, 2.05) is 24.3 Å². The van der Waals surface area contributed by atoms with Crippen LogP contribution in [-0.4, -0.2) is 23.2 Å². The predicted molar refractivity (Wildman–Crippen MR) is 113 cm³/mol. The quantitative estimate of drug-likeness (QED) is 0.457. The maximum absolute atomic E-state index is 13.3. The zero-order valence-electron chi connectivity index (χ0n) is 16.3. The monoisotopic (exact) mass is 435 g/mol. The summed E-state index contributed by atoms with van der Waals surface area (Å²) in [4.78, 5) is 8.55. The highest BCUT2D eigenvalue weighted by Gasteiger charge is 2.35. The van der Waals surface area contributed by atoms with Gasteiger partial charge in [-0.15, -0.1) is 0 Å². The molecule has 0 bridgehead atoms. The second kappa shape index (κ2) is 10.0. The van der Waals surface area contributed by atoms with E-state index in [4.69, 9.17) is 25.1 Å². The average molecular weight is 436 g/mol. The highest BCUT2D eigenvalue weighted by molar-refractivity contribution is 7.62. The van der Waals surface area contributed by atoms with Gasteiger partial charge in [-0.1, -0.05) is 29.8 Å². The van der Waals surface area contributed by atoms with Crippen LogP contribution in [0.4, 0.5) is 5.88 Å². The zero-order valence-corrected chi connectivity index (χ0v) is 18.0. The minimum atomic E-state index is -3.63. The molecule has 0 fully saturated rings. The Morgan fingerprint density at radius 1 is 1.10 bits per heavy atom. The van der Waals surface area contributed by atoms with Crippen molar-refractivity contribution in [1.29, 1.82) is 0 Å². The number of benzene rings is 1. The van der Waals surface area contributed by atoms with Gasteiger partial charge in [0.05, 0.1) is 13.2 Å². The van der Waals surface area contributed by atoms with E-state index in [1.54, 1.807) is 38.4 Å². The molecule has 2 heterocycles. The Balaban J connectivity index is 1.91. The third-order valence-corrected chi connectivity index (χ3v) is 6.23. The van der Waals surface area contributed by atoms with Gasteiger partial charge in [0.2, 0.25) is 17.2 Å². The molecule has 3 rings (SSSR count). The van der Waals surface area contributed by atoms with E-state index in [0.717, 1.165) is 11.1 Å². The van der Waals surface area contributed by atoms with Crippen molar-refractivity contribution in [1.82, 2.24) is 9.97 Å². The van der Waals surface area contributed by atoms with E-state index in [9.17, 15) is 4.57 Å². The van der Waals surface area contributed by atoms with E-state index in [2.05, 4.69) is 15.3 Å². The fraction of sp³-hybridized carbons (Fsp3) is 0.300. The second-order valence-electron chi connectivity index (χ2n) is 6.11. The molecule has 29 heavy (non-hydrogen) atoms. The van der Waals surface area contributed by atoms with Gasteiger partial charge in [0.15, 0.2) is 0 Å². The van der Waals surface area contributed by atoms with Crippen molar-refractivity contribution in [2.45, 2.75) is 26.8 Å². The van der Waals surface area contributed by atoms with Crippen LogP contribution in [0.2, 0.25) is 5.02 Å². The number of pyridine rings is 1. The lowest BCUT2D eigenvalue weighted by Crippen LogP contribution is -2.16. The number of aromatic nitrogens is 2. The highest BCUT2D eigenvalue weighted by Crippen LogP contribution is 2.48. The van der Waals surface area contributed by atoms with Gasteiger partial charge in [0.1, 0.15) is 0 Å². The molecular weight excluding hydrogens is 413 g/mol. The summed E-state index contributed by atoms with van der Waals surface area (Å²) in [5, 5.41) is 3.80. The maximum atomic E-state index is 13.3. The summed E-state index contributed by atoms with van der Waals surface area (Å²) in [6, 6.07) is 11.1. The highest BCUT2D eigenvalue weighted by atomic mass is 35.5. The van der Waals surface area contributed by atoms with E-state index in [0.29, 0.717) is 23.9 Å². The number of nitrogens with one attached hydrogen (secondary N) is 1. The summed E-state index contributed by atoms with van der Waals surface area (Å²) >= 11 is 5.95. The van der Waals surface area contributed by atoms with Crippen LogP contribution in [0.5, 0.6) is 0 Å². The molecule has 2 aromatic heterocycles. The summed E-state index contributed by atoms with van der Waals surface area (Å²) in [5.41, 5.74) is 2.05. The molecule has 1 N–H and O–H groups in total. The molecular formula is C20H23ClN3O4P. The van der Waals surface area contributed by atoms with Crippen LogP contribution >= 0.6 is 19.2 Å². The standard InChI is InChI=1S/C20H23ClN3O4P/c1-3-26-29(25,27-4-2)20-19(23-14-16-6-5-11-22-13-16)28-18(24-20)12-15-7-9-17(21)10-8-15/h5-11,13,23H,3-4,12,14H2,1-2H3. The number of halogens is 1. The third kappa shape index (κ3) is 5.67. The van der Waals surface area contributed by atoms with Gasteiger partial charge in [-0.05, 0) is 43.2 Å². The molecule has 0 spiro atoms. The molecule has 3 aromatic rings. The Labute approximate surface area is 175 Å². The Hall–Kier alpha value is -2.18. The van der Waals surface area contributed by atoms with Crippen LogP contribution in [0.15, 0.2) is 53.2 Å². The normalized spacial score (nSPS) is 11.6. The number of nitrogens with zero attached hydrogens (tertiary/aromatic N) is 2. The lowest BCUT2D eigenvalue weighted by molar-refractivity contribution is 0.229. The Kier molecular flexibility index (Phi) is 7.45. The van der Waals surface area contributed by atoms with Crippen LogP contribution < -0.4 is 10.8 Å². The van der Waals surface area contributed by atoms with Gasteiger partial charge in [-0.3, -0.25) is 9.55 Å². The smallest absolute Gasteiger partial charge is 0.385 e. The minimum absolute atomic E-state index is 0.147. The zero-order chi connectivity index (χ0) is 20.7. The SMILES string of the molecule is CCOP(=O)(OCC)c1nc(Cc2ccc(Cl)cc2)oc1NCc1cccnc1. The summed E-state index contributed by atoms with van der Waals surface area (Å²) in [5.74, 6) is 0.665. The topological polar surface area (TPSA) is 86.5 Å². The van der Waals surface area contributed by atoms with Crippen molar-refractivity contribution >= 4 is 30.5 Å². The fourth-order valence-electron chi connectivity index (χ4n) is 2.69. The first-order valence-electron chi connectivity index (χ1n) is 9.30. The first-order valence-corrected chi connectivity index (χ1v) is 11.2. The van der Waals surface area contributed by atoms with E-state index in [-0.39, 0.29) is 24.5 Å². The Morgan fingerprint density at radius 2 is 1.83 bits per heavy atom. The van der Waals surface area contributed by atoms with Gasteiger partial charge in [0.25, 0.3) is 0 Å². The summed E-state index contributed by atoms with van der Waals surface area (Å²) in [6.07, 6.45) is 3.85. The summed E-state index contributed by atoms with van der Waals surface area (Å²) < 4.78 is 30.2. The Morgan fingerprint density at radius 3 is 2.45 bits per heavy atom. The van der Waals surface area contributed by atoms with E-state index < -0.39 is 7.60 Å². The molecule has 0 aliphatic carbocycles. The molecule has 0 aliphatic rings. The van der Waals surface area contributed by atoms with Gasteiger partial charge in [0, 0.05) is 30.4 Å². The van der Waals surface area contributed by atoms with Crippen LogP contribution in [-0.2, 0) is 26.6 Å². The van der Waals surface area contributed by atoms with Crippen molar-refractivity contribution in [2.24, 2.45) is 0 Å². The first-order chi connectivity index (χ1) is 14.0. The molecule has 0 aliphatic heterocycles. The van der Waals surface area contributed by atoms with Crippen molar-refractivity contribution in [3.63, 3.8) is 0 Å². The van der Waals surface area contributed by atoms with Crippen molar-refractivity contribution in [3.05, 3.63) is 70.8 Å². The number of anilines is 1. The molecule has 0 saturated carbocycles. The van der Waals surface area contributed by atoms with Crippen molar-refractivity contribution in [3.8, 4) is 0 Å². The molecule has 0 saturated heterocycles. The van der Waals surface area contributed by atoms with E-state index in [1.165, 1.54) is 0 Å². The van der Waals surface area contributed by atoms with Crippen LogP contribution in [0.1, 0.15) is 30.9 Å². The summed E-state index contributed by atoms with van der Waals surface area (Å²) in [6.45, 7) is 4.37. The van der Waals surface area contributed by atoms with Crippen molar-refractivity contribution < 1.29 is 18.0 Å². The average Bonchev–Trinajstić information content (AvgIpc) is 3.13. The van der Waals surface area contributed by atoms with Gasteiger partial charge in [-0.2, -0.15) is 0 Å². The number of hydrogen-bond acceptors (Lipinski definition) is 7. The van der Waals surface area contributed by atoms with Crippen LogP contribution in [0.3, 0.4) is 0 Å². The predicted octanol–water partition coefficient (Wildman–Crippen LogP) is 4.82. The first kappa shape index (κ1) is 21.5. The Bertz CT molecular complexity index is 954. The molecule has 0 amide bonds. The van der Waals surface area contributed by atoms with Gasteiger partial charge < -0.3 is 18.8 Å². The largest absolute Gasteiger partial charge is 0.424 e. The number of oxazole rings is 1. The minimum Gasteiger partial charge on any atom is -0.424 e. The third-order valence-electron chi connectivity index (χ3n) is 3.96. The second-order valence-corrected chi connectivity index (χ2v) is 8.48. The molecule has 0 unspecified atom stereocenters. The number of hydrogen-bond donors (Lipinski definition) is 1. The fourth-order valence-corrected chi connectivity index (χ4v) is 4.43. The van der Waals surface area contributed by atoms with Crippen LogP contribution in [0, 0.1) is 0 Å². The lowest BCUT2D eigenvalue weighted by Gasteiger charge is -2.15. The van der Waals surface area contributed by atoms with Gasteiger partial charge >= 0.3 is 7.60 Å². The van der Waals surface area contributed by atoms with Crippen molar-refractivity contribution in [2.75, 3.05) is 18.5 Å². The molecule has 0 atom stereocenters. The number of rotatable bonds is 10. The van der Waals surface area contributed by atoms with Gasteiger partial charge in [-0.25, -0.2) is 4.98 Å². The molecule has 9 heteroatoms.